The average Bonchev–Trinajstić information content (AvgIpc) is 2.78. The summed E-state index contributed by atoms with van der Waals surface area (Å²) in [6.07, 6.45) is 0.864. The van der Waals surface area contributed by atoms with Gasteiger partial charge in [0.1, 0.15) is 5.75 Å². The molecule has 0 aromatic heterocycles. The third-order valence-corrected chi connectivity index (χ3v) is 7.61. The van der Waals surface area contributed by atoms with E-state index in [1.54, 1.807) is 16.4 Å². The molecule has 0 unspecified atom stereocenters. The van der Waals surface area contributed by atoms with Gasteiger partial charge in [-0.25, -0.2) is 8.42 Å². The summed E-state index contributed by atoms with van der Waals surface area (Å²) in [4.78, 5) is 2.64. The van der Waals surface area contributed by atoms with Crippen molar-refractivity contribution in [3.63, 3.8) is 0 Å². The topological polar surface area (TPSA) is 49.9 Å². The van der Waals surface area contributed by atoms with E-state index in [4.69, 9.17) is 16.3 Å². The maximum atomic E-state index is 13.1. The third kappa shape index (κ3) is 4.78. The van der Waals surface area contributed by atoms with E-state index in [-0.39, 0.29) is 0 Å². The summed E-state index contributed by atoms with van der Waals surface area (Å²) in [5.74, 6) is 0.700. The van der Waals surface area contributed by atoms with E-state index in [1.165, 1.54) is 0 Å². The molecule has 1 aliphatic rings. The van der Waals surface area contributed by atoms with E-state index in [9.17, 15) is 8.42 Å². The number of nitrogens with zero attached hydrogens (tertiary/aromatic N) is 2. The molecule has 158 valence electrons. The van der Waals surface area contributed by atoms with Crippen molar-refractivity contribution in [3.8, 4) is 5.75 Å². The van der Waals surface area contributed by atoms with E-state index in [0.29, 0.717) is 35.4 Å². The number of para-hydroxylation sites is 1. The molecule has 0 bridgehead atoms. The maximum Gasteiger partial charge on any atom is 0.243 e. The van der Waals surface area contributed by atoms with Crippen LogP contribution in [0.4, 0.5) is 0 Å². The second kappa shape index (κ2) is 9.35. The number of sulfonamides is 1. The number of halogens is 1. The Morgan fingerprint density at radius 1 is 0.867 bits per heavy atom. The van der Waals surface area contributed by atoms with Crippen LogP contribution in [0.1, 0.15) is 6.42 Å². The molecular formula is C23H25ClN2O3S. The molecule has 0 N–H and O–H groups in total. The van der Waals surface area contributed by atoms with Crippen molar-refractivity contribution in [2.24, 2.45) is 0 Å². The number of hydrogen-bond acceptors (Lipinski definition) is 4. The highest BCUT2D eigenvalue weighted by atomic mass is 35.5. The van der Waals surface area contributed by atoms with E-state index < -0.39 is 10.0 Å². The Morgan fingerprint density at radius 3 is 2.33 bits per heavy atom. The van der Waals surface area contributed by atoms with Gasteiger partial charge in [-0.1, -0.05) is 54.1 Å². The fourth-order valence-electron chi connectivity index (χ4n) is 3.70. The molecule has 4 rings (SSSR count). The molecule has 7 heteroatoms. The number of fused-ring (bicyclic) bond motifs is 1. The van der Waals surface area contributed by atoms with Gasteiger partial charge in [0.15, 0.2) is 0 Å². The Bertz CT molecular complexity index is 1110. The molecule has 30 heavy (non-hydrogen) atoms. The van der Waals surface area contributed by atoms with Crippen LogP contribution in [0.3, 0.4) is 0 Å². The van der Waals surface area contributed by atoms with E-state index in [0.717, 1.165) is 36.8 Å². The molecular weight excluding hydrogens is 420 g/mol. The minimum atomic E-state index is -3.48. The summed E-state index contributed by atoms with van der Waals surface area (Å²) < 4.78 is 33.4. The van der Waals surface area contributed by atoms with Crippen LogP contribution in [0.5, 0.6) is 5.75 Å². The average molecular weight is 445 g/mol. The van der Waals surface area contributed by atoms with Gasteiger partial charge in [0.25, 0.3) is 0 Å². The van der Waals surface area contributed by atoms with Crippen LogP contribution in [0.15, 0.2) is 71.6 Å². The molecule has 0 saturated carbocycles. The van der Waals surface area contributed by atoms with Crippen molar-refractivity contribution in [1.82, 2.24) is 9.21 Å². The van der Waals surface area contributed by atoms with Crippen molar-refractivity contribution in [2.75, 3.05) is 39.3 Å². The lowest BCUT2D eigenvalue weighted by molar-refractivity contribution is 0.174. The summed E-state index contributed by atoms with van der Waals surface area (Å²) in [5, 5.41) is 2.60. The molecule has 1 saturated heterocycles. The zero-order valence-electron chi connectivity index (χ0n) is 16.7. The van der Waals surface area contributed by atoms with Crippen molar-refractivity contribution < 1.29 is 13.2 Å². The number of rotatable bonds is 7. The SMILES string of the molecule is O=S(=O)(c1ccc2ccccc2c1)N1CCN(CCCOc2ccccc2Cl)CC1. The van der Waals surface area contributed by atoms with Crippen LogP contribution in [-0.2, 0) is 10.0 Å². The van der Waals surface area contributed by atoms with Gasteiger partial charge in [-0.05, 0) is 41.5 Å². The van der Waals surface area contributed by atoms with Crippen LogP contribution < -0.4 is 4.74 Å². The van der Waals surface area contributed by atoms with Crippen LogP contribution in [0, 0.1) is 0 Å². The quantitative estimate of drug-likeness (QED) is 0.511. The summed E-state index contributed by atoms with van der Waals surface area (Å²) in [7, 11) is -3.48. The van der Waals surface area contributed by atoms with Crippen LogP contribution in [0.2, 0.25) is 5.02 Å². The van der Waals surface area contributed by atoms with E-state index >= 15 is 0 Å². The molecule has 0 atom stereocenters. The molecule has 1 aliphatic heterocycles. The molecule has 0 aliphatic carbocycles. The zero-order valence-corrected chi connectivity index (χ0v) is 18.3. The molecule has 1 fully saturated rings. The van der Waals surface area contributed by atoms with Crippen molar-refractivity contribution in [2.45, 2.75) is 11.3 Å². The first-order chi connectivity index (χ1) is 14.5. The summed E-state index contributed by atoms with van der Waals surface area (Å²) in [6.45, 7) is 3.90. The van der Waals surface area contributed by atoms with Gasteiger partial charge < -0.3 is 9.64 Å². The summed E-state index contributed by atoms with van der Waals surface area (Å²) in [5.41, 5.74) is 0. The first-order valence-electron chi connectivity index (χ1n) is 10.1. The Morgan fingerprint density at radius 2 is 1.57 bits per heavy atom. The largest absolute Gasteiger partial charge is 0.492 e. The molecule has 3 aromatic carbocycles. The lowest BCUT2D eigenvalue weighted by Crippen LogP contribution is -2.48. The highest BCUT2D eigenvalue weighted by molar-refractivity contribution is 7.89. The number of piperazine rings is 1. The van der Waals surface area contributed by atoms with Gasteiger partial charge in [-0.2, -0.15) is 4.31 Å². The Kier molecular flexibility index (Phi) is 6.58. The predicted molar refractivity (Wildman–Crippen MR) is 121 cm³/mol. The summed E-state index contributed by atoms with van der Waals surface area (Å²) in [6, 6.07) is 20.6. The van der Waals surface area contributed by atoms with Gasteiger partial charge >= 0.3 is 0 Å². The van der Waals surface area contributed by atoms with Crippen molar-refractivity contribution >= 4 is 32.4 Å². The number of ether oxygens (including phenoxy) is 1. The van der Waals surface area contributed by atoms with Crippen molar-refractivity contribution in [3.05, 3.63) is 71.8 Å². The first-order valence-corrected chi connectivity index (χ1v) is 11.9. The zero-order chi connectivity index (χ0) is 21.0. The normalized spacial score (nSPS) is 16.0. The maximum absolute atomic E-state index is 13.1. The number of benzene rings is 3. The van der Waals surface area contributed by atoms with Gasteiger partial charge in [-0.15, -0.1) is 0 Å². The molecule has 5 nitrogen and oxygen atoms in total. The van der Waals surface area contributed by atoms with Crippen LogP contribution >= 0.6 is 11.6 Å². The van der Waals surface area contributed by atoms with Gasteiger partial charge in [0.2, 0.25) is 10.0 Å². The van der Waals surface area contributed by atoms with Crippen LogP contribution in [0.25, 0.3) is 10.8 Å². The predicted octanol–water partition coefficient (Wildman–Crippen LogP) is 4.27. The Hall–Kier alpha value is -2.12. The lowest BCUT2D eigenvalue weighted by atomic mass is 10.1. The minimum Gasteiger partial charge on any atom is -0.492 e. The van der Waals surface area contributed by atoms with E-state index in [2.05, 4.69) is 4.90 Å². The van der Waals surface area contributed by atoms with Gasteiger partial charge in [-0.3, -0.25) is 0 Å². The molecule has 0 radical (unpaired) electrons. The highest BCUT2D eigenvalue weighted by Gasteiger charge is 2.28. The Balaban J connectivity index is 1.28. The highest BCUT2D eigenvalue weighted by Crippen LogP contribution is 2.24. The standard InChI is InChI=1S/C23H25ClN2O3S/c24-22-8-3-4-9-23(22)29-17-5-12-25-13-15-26(16-14-25)30(27,28)21-11-10-19-6-1-2-7-20(19)18-21/h1-4,6-11,18H,5,12-17H2. The van der Waals surface area contributed by atoms with Crippen LogP contribution in [-0.4, -0.2) is 57.0 Å². The molecule has 3 aromatic rings. The molecule has 1 heterocycles. The fourth-order valence-corrected chi connectivity index (χ4v) is 5.35. The van der Waals surface area contributed by atoms with Gasteiger partial charge in [0, 0.05) is 32.7 Å². The molecule has 0 amide bonds. The first kappa shape index (κ1) is 21.1. The lowest BCUT2D eigenvalue weighted by Gasteiger charge is -2.34. The van der Waals surface area contributed by atoms with Gasteiger partial charge in [0.05, 0.1) is 16.5 Å². The summed E-state index contributed by atoms with van der Waals surface area (Å²) >= 11 is 6.10. The monoisotopic (exact) mass is 444 g/mol. The third-order valence-electron chi connectivity index (χ3n) is 5.40. The van der Waals surface area contributed by atoms with E-state index in [1.807, 2.05) is 54.6 Å². The second-order valence-corrected chi connectivity index (χ2v) is 9.73. The second-order valence-electron chi connectivity index (χ2n) is 7.39. The molecule has 0 spiro atoms. The number of hydrogen-bond donors (Lipinski definition) is 0. The Labute approximate surface area is 182 Å². The smallest absolute Gasteiger partial charge is 0.243 e. The minimum absolute atomic E-state index is 0.364. The van der Waals surface area contributed by atoms with Crippen molar-refractivity contribution in [1.29, 1.82) is 0 Å². The fraction of sp³-hybridized carbons (Fsp3) is 0.304.